The van der Waals surface area contributed by atoms with Gasteiger partial charge in [-0.05, 0) is 43.5 Å². The molecule has 26 heavy (non-hydrogen) atoms. The predicted molar refractivity (Wildman–Crippen MR) is 106 cm³/mol. The molecular weight excluding hydrogens is 370 g/mol. The molecule has 1 aromatic carbocycles. The zero-order valence-electron chi connectivity index (χ0n) is 14.7. The number of primary amides is 1. The van der Waals surface area contributed by atoms with Crippen LogP contribution in [0.3, 0.4) is 0 Å². The molecule has 3 rings (SSSR count). The van der Waals surface area contributed by atoms with Gasteiger partial charge in [-0.2, -0.15) is 0 Å². The Morgan fingerprint density at radius 1 is 1.35 bits per heavy atom. The largest absolute Gasteiger partial charge is 0.370 e. The molecule has 2 aromatic heterocycles. The zero-order chi connectivity index (χ0) is 18.8. The number of carbonyl (C=O) groups excluding carboxylic acids is 1. The van der Waals surface area contributed by atoms with E-state index in [2.05, 4.69) is 0 Å². The van der Waals surface area contributed by atoms with E-state index in [1.807, 2.05) is 38.1 Å². The van der Waals surface area contributed by atoms with E-state index >= 15 is 0 Å². The minimum absolute atomic E-state index is 0.0571. The first-order valence-corrected chi connectivity index (χ1v) is 9.58. The molecule has 0 saturated heterocycles. The third kappa shape index (κ3) is 3.81. The van der Waals surface area contributed by atoms with Crippen molar-refractivity contribution in [2.45, 2.75) is 39.7 Å². The van der Waals surface area contributed by atoms with Crippen LogP contribution in [-0.2, 0) is 17.8 Å². The van der Waals surface area contributed by atoms with Crippen molar-refractivity contribution in [3.8, 4) is 0 Å². The van der Waals surface area contributed by atoms with Gasteiger partial charge in [0.25, 0.3) is 5.56 Å². The number of carbonyl (C=O) groups is 1. The van der Waals surface area contributed by atoms with Gasteiger partial charge in [0.1, 0.15) is 10.7 Å². The van der Waals surface area contributed by atoms with Crippen molar-refractivity contribution in [1.29, 1.82) is 0 Å². The van der Waals surface area contributed by atoms with Gasteiger partial charge in [0.2, 0.25) is 5.91 Å². The molecule has 0 saturated carbocycles. The second-order valence-electron chi connectivity index (χ2n) is 6.32. The normalized spacial score (nSPS) is 11.2. The second kappa shape index (κ2) is 7.60. The lowest BCUT2D eigenvalue weighted by Crippen LogP contribution is -2.26. The molecule has 0 aliphatic rings. The van der Waals surface area contributed by atoms with Crippen molar-refractivity contribution in [1.82, 2.24) is 9.55 Å². The second-order valence-corrected chi connectivity index (χ2v) is 7.96. The van der Waals surface area contributed by atoms with Crippen LogP contribution in [0.5, 0.6) is 0 Å². The van der Waals surface area contributed by atoms with Crippen molar-refractivity contribution < 1.29 is 4.79 Å². The van der Waals surface area contributed by atoms with Gasteiger partial charge in [-0.15, -0.1) is 11.3 Å². The number of thiophene rings is 1. The molecular formula is C19H20ClN3O2S. The van der Waals surface area contributed by atoms with Crippen LogP contribution in [-0.4, -0.2) is 15.5 Å². The topological polar surface area (TPSA) is 78.0 Å². The predicted octanol–water partition coefficient (Wildman–Crippen LogP) is 3.58. The summed E-state index contributed by atoms with van der Waals surface area (Å²) in [6.07, 6.45) is 1.24. The molecule has 2 heterocycles. The Kier molecular flexibility index (Phi) is 5.44. The SMILES string of the molecule is Cc1sc2nc(Cc3cccc(Cl)c3)n(CCCC(N)=O)c(=O)c2c1C. The Hall–Kier alpha value is -2.18. The Bertz CT molecular complexity index is 1040. The zero-order valence-corrected chi connectivity index (χ0v) is 16.3. The maximum Gasteiger partial charge on any atom is 0.262 e. The summed E-state index contributed by atoms with van der Waals surface area (Å²) in [4.78, 5) is 30.8. The third-order valence-corrected chi connectivity index (χ3v) is 5.76. The van der Waals surface area contributed by atoms with Gasteiger partial charge in [0.15, 0.2) is 0 Å². The molecule has 0 radical (unpaired) electrons. The van der Waals surface area contributed by atoms with Crippen LogP contribution >= 0.6 is 22.9 Å². The maximum absolute atomic E-state index is 13.1. The number of halogens is 1. The van der Waals surface area contributed by atoms with Gasteiger partial charge < -0.3 is 5.73 Å². The van der Waals surface area contributed by atoms with E-state index in [9.17, 15) is 9.59 Å². The number of fused-ring (bicyclic) bond motifs is 1. The Morgan fingerprint density at radius 2 is 2.12 bits per heavy atom. The molecule has 0 atom stereocenters. The number of aromatic nitrogens is 2. The molecule has 0 aliphatic carbocycles. The molecule has 0 fully saturated rings. The molecule has 5 nitrogen and oxygen atoms in total. The highest BCUT2D eigenvalue weighted by Crippen LogP contribution is 2.27. The average molecular weight is 390 g/mol. The van der Waals surface area contributed by atoms with Crippen LogP contribution in [0, 0.1) is 13.8 Å². The Morgan fingerprint density at radius 3 is 2.81 bits per heavy atom. The summed E-state index contributed by atoms with van der Waals surface area (Å²) in [6.45, 7) is 4.35. The summed E-state index contributed by atoms with van der Waals surface area (Å²) >= 11 is 7.62. The maximum atomic E-state index is 13.1. The van der Waals surface area contributed by atoms with Crippen molar-refractivity contribution >= 4 is 39.1 Å². The smallest absolute Gasteiger partial charge is 0.262 e. The first kappa shape index (κ1) is 18.6. The number of benzene rings is 1. The minimum atomic E-state index is -0.369. The number of amides is 1. The first-order valence-electron chi connectivity index (χ1n) is 8.39. The summed E-state index contributed by atoms with van der Waals surface area (Å²) in [5.74, 6) is 0.307. The van der Waals surface area contributed by atoms with E-state index in [1.165, 1.54) is 11.3 Å². The van der Waals surface area contributed by atoms with Crippen LogP contribution in [0.2, 0.25) is 5.02 Å². The lowest BCUT2D eigenvalue weighted by atomic mass is 10.1. The first-order chi connectivity index (χ1) is 12.4. The molecule has 3 aromatic rings. The van der Waals surface area contributed by atoms with Crippen LogP contribution in [0.15, 0.2) is 29.1 Å². The third-order valence-electron chi connectivity index (χ3n) is 4.42. The van der Waals surface area contributed by atoms with Crippen molar-refractivity contribution in [2.75, 3.05) is 0 Å². The summed E-state index contributed by atoms with van der Waals surface area (Å²) < 4.78 is 1.67. The number of nitrogens with two attached hydrogens (primary N) is 1. The number of rotatable bonds is 6. The minimum Gasteiger partial charge on any atom is -0.370 e. The van der Waals surface area contributed by atoms with E-state index in [4.69, 9.17) is 22.3 Å². The standard InChI is InChI=1S/C19H20ClN3O2S/c1-11-12(2)26-18-17(11)19(25)23(8-4-7-15(21)24)16(22-18)10-13-5-3-6-14(20)9-13/h3,5-6,9H,4,7-8,10H2,1-2H3,(H2,21,24). The molecule has 136 valence electrons. The Labute approximate surface area is 160 Å². The molecule has 1 amide bonds. The highest BCUT2D eigenvalue weighted by atomic mass is 35.5. The number of nitrogens with zero attached hydrogens (tertiary/aromatic N) is 2. The number of aryl methyl sites for hydroxylation is 2. The lowest BCUT2D eigenvalue weighted by molar-refractivity contribution is -0.118. The van der Waals surface area contributed by atoms with Gasteiger partial charge in [-0.1, -0.05) is 23.7 Å². The molecule has 2 N–H and O–H groups in total. The van der Waals surface area contributed by atoms with Crippen LogP contribution in [0.1, 0.15) is 34.7 Å². The van der Waals surface area contributed by atoms with Crippen LogP contribution in [0.4, 0.5) is 0 Å². The summed E-state index contributed by atoms with van der Waals surface area (Å²) in [7, 11) is 0. The van der Waals surface area contributed by atoms with Crippen molar-refractivity contribution in [2.24, 2.45) is 5.73 Å². The number of hydrogen-bond donors (Lipinski definition) is 1. The highest BCUT2D eigenvalue weighted by molar-refractivity contribution is 7.18. The number of hydrogen-bond acceptors (Lipinski definition) is 4. The van der Waals surface area contributed by atoms with Crippen LogP contribution in [0.25, 0.3) is 10.2 Å². The van der Waals surface area contributed by atoms with Gasteiger partial charge >= 0.3 is 0 Å². The molecule has 7 heteroatoms. The fourth-order valence-electron chi connectivity index (χ4n) is 2.98. The van der Waals surface area contributed by atoms with E-state index in [1.54, 1.807) is 4.57 Å². The molecule has 0 spiro atoms. The van der Waals surface area contributed by atoms with Crippen molar-refractivity contribution in [3.63, 3.8) is 0 Å². The van der Waals surface area contributed by atoms with E-state index in [0.717, 1.165) is 20.8 Å². The van der Waals surface area contributed by atoms with E-state index in [0.29, 0.717) is 35.6 Å². The van der Waals surface area contributed by atoms with Gasteiger partial charge in [0, 0.05) is 29.3 Å². The van der Waals surface area contributed by atoms with E-state index < -0.39 is 0 Å². The van der Waals surface area contributed by atoms with E-state index in [-0.39, 0.29) is 17.9 Å². The average Bonchev–Trinajstić information content (AvgIpc) is 2.84. The monoisotopic (exact) mass is 389 g/mol. The molecule has 0 unspecified atom stereocenters. The van der Waals surface area contributed by atoms with Crippen LogP contribution < -0.4 is 11.3 Å². The van der Waals surface area contributed by atoms with Crippen molar-refractivity contribution in [3.05, 3.63) is 61.5 Å². The summed E-state index contributed by atoms with van der Waals surface area (Å²) in [5.41, 5.74) is 7.14. The van der Waals surface area contributed by atoms with Gasteiger partial charge in [-0.25, -0.2) is 4.98 Å². The van der Waals surface area contributed by atoms with Gasteiger partial charge in [0.05, 0.1) is 5.39 Å². The fourth-order valence-corrected chi connectivity index (χ4v) is 4.23. The lowest BCUT2D eigenvalue weighted by Gasteiger charge is -2.13. The quantitative estimate of drug-likeness (QED) is 0.699. The van der Waals surface area contributed by atoms with Gasteiger partial charge in [-0.3, -0.25) is 14.2 Å². The molecule has 0 bridgehead atoms. The molecule has 0 aliphatic heterocycles. The summed E-state index contributed by atoms with van der Waals surface area (Å²) in [6, 6.07) is 7.52. The fraction of sp³-hybridized carbons (Fsp3) is 0.316. The summed E-state index contributed by atoms with van der Waals surface area (Å²) in [5, 5.41) is 1.32. The highest BCUT2D eigenvalue weighted by Gasteiger charge is 2.17. The Balaban J connectivity index is 2.09.